The quantitative estimate of drug-likeness (QED) is 0.189. The maximum absolute atomic E-state index is 5.43. The van der Waals surface area contributed by atoms with Gasteiger partial charge >= 0.3 is 0 Å². The molecule has 0 unspecified atom stereocenters. The van der Waals surface area contributed by atoms with Gasteiger partial charge in [0.25, 0.3) is 0 Å². The third-order valence-corrected chi connectivity index (χ3v) is 10.2. The molecule has 0 aliphatic heterocycles. The molecule has 7 aromatic carbocycles. The largest absolute Gasteiger partial charge is 0.309 e. The van der Waals surface area contributed by atoms with Gasteiger partial charge in [0.2, 0.25) is 5.78 Å². The fourth-order valence-corrected chi connectivity index (χ4v) is 8.00. The van der Waals surface area contributed by atoms with E-state index in [4.69, 9.17) is 4.98 Å². The lowest BCUT2D eigenvalue weighted by molar-refractivity contribution is 1.08. The molecule has 0 atom stereocenters. The number of aromatic nitrogens is 5. The van der Waals surface area contributed by atoms with E-state index in [1.165, 1.54) is 32.9 Å². The Morgan fingerprint density at radius 3 is 1.64 bits per heavy atom. The Labute approximate surface area is 287 Å². The SMILES string of the molecule is c1ccc(-c2ccc(-n3c4ccccc4c4cc(-n5c6ccccc6n6c5nc5c7ccccc7n(-c7ccccc7)c56)ccc43)cc2)cc1. The van der Waals surface area contributed by atoms with Crippen molar-refractivity contribution in [3.05, 3.63) is 176 Å². The second-order valence-electron chi connectivity index (χ2n) is 12.9. The predicted molar refractivity (Wildman–Crippen MR) is 206 cm³/mol. The minimum absolute atomic E-state index is 0.895. The second kappa shape index (κ2) is 10.3. The number of hydrogen-bond acceptors (Lipinski definition) is 1. The highest BCUT2D eigenvalue weighted by molar-refractivity contribution is 6.11. The van der Waals surface area contributed by atoms with Gasteiger partial charge in [-0.25, -0.2) is 4.98 Å². The first kappa shape index (κ1) is 27.1. The van der Waals surface area contributed by atoms with E-state index in [1.807, 2.05) is 0 Å². The summed E-state index contributed by atoms with van der Waals surface area (Å²) in [6, 6.07) is 62.8. The third-order valence-electron chi connectivity index (χ3n) is 10.2. The summed E-state index contributed by atoms with van der Waals surface area (Å²) in [6.45, 7) is 0. The van der Waals surface area contributed by atoms with Gasteiger partial charge < -0.3 is 4.57 Å². The number of benzene rings is 7. The van der Waals surface area contributed by atoms with Crippen LogP contribution < -0.4 is 0 Å². The van der Waals surface area contributed by atoms with Gasteiger partial charge in [-0.2, -0.15) is 0 Å². The zero-order valence-electron chi connectivity index (χ0n) is 27.0. The Morgan fingerprint density at radius 1 is 0.340 bits per heavy atom. The van der Waals surface area contributed by atoms with Crippen molar-refractivity contribution >= 4 is 60.7 Å². The molecule has 11 rings (SSSR count). The molecular formula is C45H29N5. The van der Waals surface area contributed by atoms with Crippen molar-refractivity contribution in [2.45, 2.75) is 0 Å². The Hall–Kier alpha value is -6.85. The molecule has 0 spiro atoms. The Morgan fingerprint density at radius 2 is 0.880 bits per heavy atom. The molecule has 11 aromatic rings. The van der Waals surface area contributed by atoms with E-state index in [1.54, 1.807) is 0 Å². The van der Waals surface area contributed by atoms with Crippen LogP contribution >= 0.6 is 0 Å². The van der Waals surface area contributed by atoms with Crippen LogP contribution in [0.3, 0.4) is 0 Å². The van der Waals surface area contributed by atoms with Crippen LogP contribution in [0.4, 0.5) is 0 Å². The van der Waals surface area contributed by atoms with Crippen LogP contribution in [0.15, 0.2) is 176 Å². The number of para-hydroxylation sites is 5. The molecule has 4 heterocycles. The van der Waals surface area contributed by atoms with Crippen molar-refractivity contribution in [3.63, 3.8) is 0 Å². The van der Waals surface area contributed by atoms with Crippen LogP contribution in [-0.2, 0) is 0 Å². The third kappa shape index (κ3) is 3.74. The number of fused-ring (bicyclic) bond motifs is 10. The molecule has 0 saturated carbocycles. The molecular weight excluding hydrogens is 611 g/mol. The van der Waals surface area contributed by atoms with E-state index >= 15 is 0 Å². The molecule has 234 valence electrons. The van der Waals surface area contributed by atoms with Gasteiger partial charge in [0.15, 0.2) is 5.65 Å². The standard InChI is InChI=1S/C45H29N5/c1-3-13-30(14-4-1)31-23-25-33(26-24-31)47-38-19-9-7-17-35(38)37-29-34(27-28-40(37)47)49-41-21-11-12-22-42(41)50-44-43(46-45(49)50)36-18-8-10-20-39(36)48(44)32-15-5-2-6-16-32/h1-29H. The highest BCUT2D eigenvalue weighted by Gasteiger charge is 2.24. The molecule has 0 radical (unpaired) electrons. The lowest BCUT2D eigenvalue weighted by Gasteiger charge is -2.10. The van der Waals surface area contributed by atoms with Crippen LogP contribution in [0.2, 0.25) is 0 Å². The van der Waals surface area contributed by atoms with Crippen molar-refractivity contribution in [3.8, 4) is 28.2 Å². The van der Waals surface area contributed by atoms with Crippen molar-refractivity contribution in [1.29, 1.82) is 0 Å². The first-order chi connectivity index (χ1) is 24.8. The molecule has 0 amide bonds. The first-order valence-corrected chi connectivity index (χ1v) is 17.0. The molecule has 0 saturated heterocycles. The molecule has 0 aliphatic rings. The van der Waals surface area contributed by atoms with Gasteiger partial charge in [0, 0.05) is 33.2 Å². The van der Waals surface area contributed by atoms with Gasteiger partial charge in [-0.15, -0.1) is 0 Å². The number of nitrogens with zero attached hydrogens (tertiary/aromatic N) is 5. The molecule has 0 aliphatic carbocycles. The van der Waals surface area contributed by atoms with E-state index < -0.39 is 0 Å². The zero-order valence-corrected chi connectivity index (χ0v) is 27.0. The van der Waals surface area contributed by atoms with Crippen LogP contribution in [0.1, 0.15) is 0 Å². The predicted octanol–water partition coefficient (Wildman–Crippen LogP) is 11.1. The lowest BCUT2D eigenvalue weighted by atomic mass is 10.1. The highest BCUT2D eigenvalue weighted by Crippen LogP contribution is 2.38. The smallest absolute Gasteiger partial charge is 0.221 e. The zero-order chi connectivity index (χ0) is 32.8. The molecule has 5 heteroatoms. The van der Waals surface area contributed by atoms with Gasteiger partial charge in [-0.3, -0.25) is 13.5 Å². The van der Waals surface area contributed by atoms with Crippen LogP contribution in [0, 0.1) is 0 Å². The summed E-state index contributed by atoms with van der Waals surface area (Å²) in [4.78, 5) is 5.43. The summed E-state index contributed by atoms with van der Waals surface area (Å²) in [5.74, 6) is 0.895. The average Bonchev–Trinajstić information content (AvgIpc) is 3.90. The highest BCUT2D eigenvalue weighted by atomic mass is 15.3. The topological polar surface area (TPSA) is 32.1 Å². The molecule has 0 fully saturated rings. The van der Waals surface area contributed by atoms with Crippen molar-refractivity contribution in [2.24, 2.45) is 0 Å². The van der Waals surface area contributed by atoms with Crippen LogP contribution in [0.25, 0.3) is 88.9 Å². The molecule has 0 bridgehead atoms. The fourth-order valence-electron chi connectivity index (χ4n) is 8.00. The van der Waals surface area contributed by atoms with Crippen molar-refractivity contribution in [1.82, 2.24) is 23.1 Å². The van der Waals surface area contributed by atoms with Crippen LogP contribution in [-0.4, -0.2) is 23.1 Å². The van der Waals surface area contributed by atoms with Gasteiger partial charge in [-0.1, -0.05) is 109 Å². The molecule has 50 heavy (non-hydrogen) atoms. The average molecular weight is 640 g/mol. The Bertz CT molecular complexity index is 3070. The van der Waals surface area contributed by atoms with Gasteiger partial charge in [-0.05, 0) is 77.9 Å². The Balaban J connectivity index is 1.17. The fraction of sp³-hybridized carbons (Fsp3) is 0. The van der Waals surface area contributed by atoms with E-state index in [9.17, 15) is 0 Å². The summed E-state index contributed by atoms with van der Waals surface area (Å²) in [6.07, 6.45) is 0. The summed E-state index contributed by atoms with van der Waals surface area (Å²) in [5, 5.41) is 3.57. The van der Waals surface area contributed by atoms with Crippen molar-refractivity contribution in [2.75, 3.05) is 0 Å². The maximum atomic E-state index is 5.43. The maximum Gasteiger partial charge on any atom is 0.221 e. The molecule has 5 nitrogen and oxygen atoms in total. The van der Waals surface area contributed by atoms with E-state index in [0.29, 0.717) is 0 Å². The summed E-state index contributed by atoms with van der Waals surface area (Å²) in [7, 11) is 0. The van der Waals surface area contributed by atoms with Crippen LogP contribution in [0.5, 0.6) is 0 Å². The monoisotopic (exact) mass is 639 g/mol. The molecule has 4 aromatic heterocycles. The number of rotatable bonds is 4. The Kier molecular flexibility index (Phi) is 5.60. The second-order valence-corrected chi connectivity index (χ2v) is 12.9. The minimum atomic E-state index is 0.895. The van der Waals surface area contributed by atoms with Gasteiger partial charge in [0.05, 0.1) is 27.6 Å². The van der Waals surface area contributed by atoms with Crippen molar-refractivity contribution < 1.29 is 0 Å². The lowest BCUT2D eigenvalue weighted by Crippen LogP contribution is -1.98. The number of imidazole rings is 2. The molecule has 0 N–H and O–H groups in total. The van der Waals surface area contributed by atoms with Gasteiger partial charge in [0.1, 0.15) is 5.52 Å². The van der Waals surface area contributed by atoms with E-state index in [-0.39, 0.29) is 0 Å². The van der Waals surface area contributed by atoms with E-state index in [2.05, 4.69) is 194 Å². The van der Waals surface area contributed by atoms with E-state index in [0.717, 1.165) is 55.9 Å². The minimum Gasteiger partial charge on any atom is -0.309 e. The first-order valence-electron chi connectivity index (χ1n) is 17.0. The number of hydrogen-bond donors (Lipinski definition) is 0. The normalized spacial score (nSPS) is 12.0. The summed E-state index contributed by atoms with van der Waals surface area (Å²) >= 11 is 0. The summed E-state index contributed by atoms with van der Waals surface area (Å²) in [5.41, 5.74) is 13.6. The summed E-state index contributed by atoms with van der Waals surface area (Å²) < 4.78 is 9.38.